The molecule has 36 heavy (non-hydrogen) atoms. The highest BCUT2D eigenvalue weighted by Gasteiger charge is 2.16. The fraction of sp³-hybridized carbons (Fsp3) is 0.143. The number of hydrogen-bond acceptors (Lipinski definition) is 4. The Hall–Kier alpha value is -4.04. The summed E-state index contributed by atoms with van der Waals surface area (Å²) in [6.45, 7) is 4.05. The van der Waals surface area contributed by atoms with Crippen molar-refractivity contribution in [1.82, 2.24) is 14.2 Å². The molecule has 0 spiro atoms. The minimum absolute atomic E-state index is 0.123. The average molecular weight is 542 g/mol. The third-order valence-corrected chi connectivity index (χ3v) is 6.63. The molecule has 0 radical (unpaired) electrons. The molecule has 3 aromatic carbocycles. The summed E-state index contributed by atoms with van der Waals surface area (Å²) in [6.07, 6.45) is 2.24. The molecule has 0 saturated heterocycles. The van der Waals surface area contributed by atoms with Crippen molar-refractivity contribution in [2.24, 2.45) is 5.10 Å². The first-order valence-electron chi connectivity index (χ1n) is 11.6. The Balaban J connectivity index is 1.56. The highest BCUT2D eigenvalue weighted by molar-refractivity contribution is 9.10. The van der Waals surface area contributed by atoms with Gasteiger partial charge in [-0.05, 0) is 43.3 Å². The molecule has 0 saturated carbocycles. The van der Waals surface area contributed by atoms with Gasteiger partial charge in [-0.3, -0.25) is 9.59 Å². The van der Waals surface area contributed by atoms with Crippen LogP contribution in [0.2, 0.25) is 0 Å². The lowest BCUT2D eigenvalue weighted by Gasteiger charge is -2.10. The van der Waals surface area contributed by atoms with E-state index in [0.29, 0.717) is 23.1 Å². The molecule has 180 valence electrons. The van der Waals surface area contributed by atoms with Crippen molar-refractivity contribution in [3.05, 3.63) is 105 Å². The average Bonchev–Trinajstić information content (AvgIpc) is 3.14. The van der Waals surface area contributed by atoms with E-state index in [1.165, 1.54) is 4.68 Å². The van der Waals surface area contributed by atoms with Gasteiger partial charge in [-0.15, -0.1) is 0 Å². The number of rotatable bonds is 6. The smallest absolute Gasteiger partial charge is 0.282 e. The molecular formula is C28H24BrN5O2. The Bertz CT molecular complexity index is 1690. The largest absolute Gasteiger partial charge is 0.335 e. The maximum atomic E-state index is 13.3. The van der Waals surface area contributed by atoms with E-state index in [0.717, 1.165) is 32.3 Å². The number of hydrogen-bond donors (Lipinski definition) is 1. The molecule has 1 N–H and O–H groups in total. The monoisotopic (exact) mass is 541 g/mol. The van der Waals surface area contributed by atoms with E-state index in [2.05, 4.69) is 31.3 Å². The molecule has 7 nitrogen and oxygen atoms in total. The number of carbonyl (C=O) groups excluding carboxylic acids is 1. The molecule has 2 heterocycles. The first-order valence-corrected chi connectivity index (χ1v) is 12.4. The van der Waals surface area contributed by atoms with Crippen molar-refractivity contribution in [2.75, 3.05) is 5.32 Å². The summed E-state index contributed by atoms with van der Waals surface area (Å²) >= 11 is 3.43. The van der Waals surface area contributed by atoms with Crippen LogP contribution in [0.25, 0.3) is 21.8 Å². The number of fused-ring (bicyclic) bond motifs is 2. The lowest BCUT2D eigenvalue weighted by molar-refractivity contribution is -0.116. The summed E-state index contributed by atoms with van der Waals surface area (Å²) in [5.41, 5.74) is 3.82. The predicted octanol–water partition coefficient (Wildman–Crippen LogP) is 5.51. The Morgan fingerprint density at radius 3 is 2.58 bits per heavy atom. The van der Waals surface area contributed by atoms with Gasteiger partial charge in [0.2, 0.25) is 5.91 Å². The van der Waals surface area contributed by atoms with Gasteiger partial charge < -0.3 is 9.88 Å². The standard InChI is InChI=1S/C28H24BrN5O2/c1-3-26-32-24-14-13-19(29)15-22(24)28(36)34(26)30-16-23-18(2)33(25-12-8-7-11-21(23)25)17-27(35)31-20-9-5-4-6-10-20/h4-16H,3,17H2,1-2H3,(H,31,35). The number of amides is 1. The maximum absolute atomic E-state index is 13.3. The number of carbonyl (C=O) groups is 1. The van der Waals surface area contributed by atoms with Crippen molar-refractivity contribution < 1.29 is 4.79 Å². The van der Waals surface area contributed by atoms with E-state index in [1.807, 2.05) is 85.1 Å². The second-order valence-corrected chi connectivity index (χ2v) is 9.34. The zero-order chi connectivity index (χ0) is 25.2. The number of para-hydroxylation sites is 2. The van der Waals surface area contributed by atoms with E-state index < -0.39 is 0 Å². The number of aromatic nitrogens is 3. The molecule has 0 aliphatic carbocycles. The summed E-state index contributed by atoms with van der Waals surface area (Å²) in [5, 5.41) is 8.98. The topological polar surface area (TPSA) is 81.3 Å². The molecule has 1 amide bonds. The number of halogens is 1. The highest BCUT2D eigenvalue weighted by Crippen LogP contribution is 2.25. The van der Waals surface area contributed by atoms with Gasteiger partial charge in [0.25, 0.3) is 5.56 Å². The molecule has 0 aliphatic rings. The SMILES string of the molecule is CCc1nc2ccc(Br)cc2c(=O)n1N=Cc1c(C)n(CC(=O)Nc2ccccc2)c2ccccc12. The van der Waals surface area contributed by atoms with E-state index in [1.54, 1.807) is 12.3 Å². The van der Waals surface area contributed by atoms with Crippen molar-refractivity contribution in [2.45, 2.75) is 26.8 Å². The van der Waals surface area contributed by atoms with Gasteiger partial charge in [-0.25, -0.2) is 4.98 Å². The Kier molecular flexibility index (Phi) is 6.52. The molecule has 0 atom stereocenters. The Morgan fingerprint density at radius 1 is 1.06 bits per heavy atom. The minimum Gasteiger partial charge on any atom is -0.335 e. The molecular weight excluding hydrogens is 518 g/mol. The van der Waals surface area contributed by atoms with Crippen LogP contribution >= 0.6 is 15.9 Å². The summed E-state index contributed by atoms with van der Waals surface area (Å²) in [6, 6.07) is 22.7. The van der Waals surface area contributed by atoms with E-state index in [-0.39, 0.29) is 18.0 Å². The Morgan fingerprint density at radius 2 is 1.81 bits per heavy atom. The third-order valence-electron chi connectivity index (χ3n) is 6.13. The second kappa shape index (κ2) is 9.91. The van der Waals surface area contributed by atoms with Crippen LogP contribution in [0.3, 0.4) is 0 Å². The summed E-state index contributed by atoms with van der Waals surface area (Å²) in [5.74, 6) is 0.456. The molecule has 5 aromatic rings. The maximum Gasteiger partial charge on any atom is 0.282 e. The highest BCUT2D eigenvalue weighted by atomic mass is 79.9. The Labute approximate surface area is 216 Å². The van der Waals surface area contributed by atoms with E-state index in [9.17, 15) is 9.59 Å². The van der Waals surface area contributed by atoms with Crippen LogP contribution in [-0.4, -0.2) is 26.3 Å². The molecule has 0 bridgehead atoms. The van der Waals surface area contributed by atoms with Crippen molar-refractivity contribution in [1.29, 1.82) is 0 Å². The van der Waals surface area contributed by atoms with Crippen molar-refractivity contribution in [3.8, 4) is 0 Å². The number of benzene rings is 3. The third kappa shape index (κ3) is 4.47. The zero-order valence-electron chi connectivity index (χ0n) is 19.9. The molecule has 2 aromatic heterocycles. The van der Waals surface area contributed by atoms with Crippen LogP contribution in [0.5, 0.6) is 0 Å². The van der Waals surface area contributed by atoms with Crippen LogP contribution in [0.1, 0.15) is 24.0 Å². The van der Waals surface area contributed by atoms with Crippen LogP contribution in [0, 0.1) is 6.92 Å². The van der Waals surface area contributed by atoms with E-state index >= 15 is 0 Å². The molecule has 5 rings (SSSR count). The lowest BCUT2D eigenvalue weighted by Crippen LogP contribution is -2.22. The van der Waals surface area contributed by atoms with Gasteiger partial charge in [0, 0.05) is 38.7 Å². The van der Waals surface area contributed by atoms with Crippen LogP contribution in [-0.2, 0) is 17.8 Å². The van der Waals surface area contributed by atoms with Crippen LogP contribution < -0.4 is 10.9 Å². The second-order valence-electron chi connectivity index (χ2n) is 8.42. The molecule has 0 aliphatic heterocycles. The fourth-order valence-electron chi connectivity index (χ4n) is 4.35. The predicted molar refractivity (Wildman–Crippen MR) is 148 cm³/mol. The molecule has 0 unspecified atom stereocenters. The van der Waals surface area contributed by atoms with Gasteiger partial charge in [0.05, 0.1) is 17.1 Å². The first-order chi connectivity index (χ1) is 17.5. The van der Waals surface area contributed by atoms with Crippen LogP contribution in [0.4, 0.5) is 5.69 Å². The van der Waals surface area contributed by atoms with Gasteiger partial charge >= 0.3 is 0 Å². The lowest BCUT2D eigenvalue weighted by atomic mass is 10.1. The fourth-order valence-corrected chi connectivity index (χ4v) is 4.71. The normalized spacial score (nSPS) is 11.5. The number of nitrogens with one attached hydrogen (secondary N) is 1. The minimum atomic E-state index is -0.224. The van der Waals surface area contributed by atoms with Crippen molar-refractivity contribution >= 4 is 55.5 Å². The van der Waals surface area contributed by atoms with Gasteiger partial charge in [0.15, 0.2) is 0 Å². The first kappa shape index (κ1) is 23.7. The van der Waals surface area contributed by atoms with Gasteiger partial charge in [-0.1, -0.05) is 59.3 Å². The quantitative estimate of drug-likeness (QED) is 0.288. The zero-order valence-corrected chi connectivity index (χ0v) is 21.5. The van der Waals surface area contributed by atoms with E-state index in [4.69, 9.17) is 0 Å². The summed E-state index contributed by atoms with van der Waals surface area (Å²) in [4.78, 5) is 30.8. The molecule has 8 heteroatoms. The molecule has 0 fully saturated rings. The van der Waals surface area contributed by atoms with Gasteiger partial charge in [-0.2, -0.15) is 9.78 Å². The number of nitrogens with zero attached hydrogens (tertiary/aromatic N) is 4. The van der Waals surface area contributed by atoms with Gasteiger partial charge in [0.1, 0.15) is 12.4 Å². The van der Waals surface area contributed by atoms with Crippen LogP contribution in [0.15, 0.2) is 87.2 Å². The number of anilines is 1. The summed E-state index contributed by atoms with van der Waals surface area (Å²) in [7, 11) is 0. The van der Waals surface area contributed by atoms with Crippen molar-refractivity contribution in [3.63, 3.8) is 0 Å². The number of aryl methyl sites for hydroxylation is 1. The summed E-state index contributed by atoms with van der Waals surface area (Å²) < 4.78 is 4.14.